The molecule has 132 valence electrons. The molecule has 1 aromatic carbocycles. The lowest BCUT2D eigenvalue weighted by Gasteiger charge is -2.30. The van der Waals surface area contributed by atoms with Crippen LogP contribution in [-0.2, 0) is 30.6 Å². The van der Waals surface area contributed by atoms with Crippen LogP contribution in [0, 0.1) is 0 Å². The Morgan fingerprint density at radius 2 is 1.88 bits per heavy atom. The molecule has 0 saturated heterocycles. The fraction of sp³-hybridized carbons (Fsp3) is 0.471. The number of carbonyl (C=O) groups is 3. The third kappa shape index (κ3) is 7.23. The number of amides is 1. The highest BCUT2D eigenvalue weighted by Crippen LogP contribution is 2.15. The van der Waals surface area contributed by atoms with Crippen LogP contribution < -0.4 is 0 Å². The molecule has 0 heterocycles. The molecule has 1 amide bonds. The van der Waals surface area contributed by atoms with Crippen molar-refractivity contribution < 1.29 is 29.1 Å². The van der Waals surface area contributed by atoms with Crippen molar-refractivity contribution in [2.45, 2.75) is 51.9 Å². The van der Waals surface area contributed by atoms with Crippen LogP contribution >= 0.6 is 0 Å². The summed E-state index contributed by atoms with van der Waals surface area (Å²) in [6.07, 6.45) is 0.0682. The molecule has 0 aromatic heterocycles. The highest BCUT2D eigenvalue weighted by atomic mass is 16.7. The molecule has 1 aromatic rings. The third-order valence-electron chi connectivity index (χ3n) is 2.94. The number of esters is 1. The molecule has 0 saturated carbocycles. The molecule has 0 unspecified atom stereocenters. The highest BCUT2D eigenvalue weighted by Gasteiger charge is 2.30. The Morgan fingerprint density at radius 3 is 2.38 bits per heavy atom. The average molecular weight is 337 g/mol. The van der Waals surface area contributed by atoms with Gasteiger partial charge in [-0.25, -0.2) is 9.86 Å². The summed E-state index contributed by atoms with van der Waals surface area (Å²) in [7, 11) is 0. The van der Waals surface area contributed by atoms with Gasteiger partial charge in [0.2, 0.25) is 6.41 Å². The van der Waals surface area contributed by atoms with E-state index in [2.05, 4.69) is 0 Å². The zero-order chi connectivity index (χ0) is 18.2. The highest BCUT2D eigenvalue weighted by molar-refractivity contribution is 5.77. The van der Waals surface area contributed by atoms with Gasteiger partial charge in [0.25, 0.3) is 0 Å². The largest absolute Gasteiger partial charge is 0.480 e. The van der Waals surface area contributed by atoms with Gasteiger partial charge in [0, 0.05) is 6.42 Å². The van der Waals surface area contributed by atoms with E-state index in [1.165, 1.54) is 0 Å². The second kappa shape index (κ2) is 9.02. The molecule has 1 N–H and O–H groups in total. The minimum Gasteiger partial charge on any atom is -0.480 e. The van der Waals surface area contributed by atoms with Crippen LogP contribution in [0.2, 0.25) is 0 Å². The number of ether oxygens (including phenoxy) is 1. The summed E-state index contributed by atoms with van der Waals surface area (Å²) >= 11 is 0. The molecule has 0 aliphatic heterocycles. The van der Waals surface area contributed by atoms with Crippen molar-refractivity contribution in [1.29, 1.82) is 0 Å². The fourth-order valence-electron chi connectivity index (χ4n) is 1.90. The smallest absolute Gasteiger partial charge is 0.329 e. The number of carboxylic acids is 1. The first-order chi connectivity index (χ1) is 11.2. The summed E-state index contributed by atoms with van der Waals surface area (Å²) in [5.41, 5.74) is 0.105. The van der Waals surface area contributed by atoms with E-state index in [-0.39, 0.29) is 19.4 Å². The molecule has 1 atom stereocenters. The van der Waals surface area contributed by atoms with Crippen molar-refractivity contribution in [3.63, 3.8) is 0 Å². The quantitative estimate of drug-likeness (QED) is 0.422. The summed E-state index contributed by atoms with van der Waals surface area (Å²) in [5, 5.41) is 9.99. The topological polar surface area (TPSA) is 93.1 Å². The lowest BCUT2D eigenvalue weighted by Crippen LogP contribution is -2.44. The number of carbonyl (C=O) groups excluding carboxylic acids is 2. The molecule has 1 rings (SSSR count). The van der Waals surface area contributed by atoms with Crippen LogP contribution in [0.4, 0.5) is 0 Å². The Morgan fingerprint density at radius 1 is 1.25 bits per heavy atom. The molecule has 0 spiro atoms. The van der Waals surface area contributed by atoms with Gasteiger partial charge in [-0.05, 0) is 32.8 Å². The van der Waals surface area contributed by atoms with Crippen LogP contribution in [0.15, 0.2) is 30.3 Å². The Bertz CT molecular complexity index is 552. The number of aliphatic carboxylic acids is 1. The van der Waals surface area contributed by atoms with E-state index in [0.717, 1.165) is 10.6 Å². The summed E-state index contributed by atoms with van der Waals surface area (Å²) in [4.78, 5) is 39.5. The van der Waals surface area contributed by atoms with E-state index < -0.39 is 23.6 Å². The molecule has 0 aliphatic carbocycles. The van der Waals surface area contributed by atoms with E-state index in [1.807, 2.05) is 30.3 Å². The maximum absolute atomic E-state index is 11.8. The molecule has 24 heavy (non-hydrogen) atoms. The van der Waals surface area contributed by atoms with E-state index in [4.69, 9.17) is 9.57 Å². The van der Waals surface area contributed by atoms with Gasteiger partial charge in [0.15, 0.2) is 6.04 Å². The van der Waals surface area contributed by atoms with Gasteiger partial charge < -0.3 is 9.84 Å². The lowest BCUT2D eigenvalue weighted by molar-refractivity contribution is -0.235. The molecule has 0 radical (unpaired) electrons. The predicted molar refractivity (Wildman–Crippen MR) is 85.6 cm³/mol. The Labute approximate surface area is 141 Å². The molecule has 7 nitrogen and oxygen atoms in total. The number of benzene rings is 1. The standard InChI is InChI=1S/C17H23NO6/c1-17(2,3)24-18(12-19)14(16(21)22)9-10-15(20)23-11-13-7-5-4-6-8-13/h4-8,12,14H,9-11H2,1-3H3,(H,21,22)/t14-/m1/s1. The molecular formula is C17H23NO6. The first kappa shape index (κ1) is 19.6. The first-order valence-corrected chi connectivity index (χ1v) is 7.58. The maximum atomic E-state index is 11.8. The molecular weight excluding hydrogens is 314 g/mol. The van der Waals surface area contributed by atoms with Crippen molar-refractivity contribution >= 4 is 18.3 Å². The van der Waals surface area contributed by atoms with Gasteiger partial charge in [0.1, 0.15) is 6.61 Å². The van der Waals surface area contributed by atoms with Gasteiger partial charge in [-0.2, -0.15) is 0 Å². The van der Waals surface area contributed by atoms with Gasteiger partial charge in [-0.1, -0.05) is 30.3 Å². The van der Waals surface area contributed by atoms with E-state index in [0.29, 0.717) is 6.41 Å². The van der Waals surface area contributed by atoms with Crippen molar-refractivity contribution in [3.8, 4) is 0 Å². The first-order valence-electron chi connectivity index (χ1n) is 7.58. The number of hydrogen-bond acceptors (Lipinski definition) is 5. The number of carboxylic acid groups (broad SMARTS) is 1. The molecule has 0 fully saturated rings. The summed E-state index contributed by atoms with van der Waals surface area (Å²) < 4.78 is 5.09. The zero-order valence-corrected chi connectivity index (χ0v) is 14.1. The van der Waals surface area contributed by atoms with Crippen LogP contribution in [0.3, 0.4) is 0 Å². The Balaban J connectivity index is 2.54. The van der Waals surface area contributed by atoms with Gasteiger partial charge in [-0.15, -0.1) is 0 Å². The molecule has 0 aliphatic rings. The van der Waals surface area contributed by atoms with Crippen molar-refractivity contribution in [3.05, 3.63) is 35.9 Å². The second-order valence-electron chi connectivity index (χ2n) is 6.21. The van der Waals surface area contributed by atoms with Crippen LogP contribution in [0.25, 0.3) is 0 Å². The third-order valence-corrected chi connectivity index (χ3v) is 2.94. The minimum absolute atomic E-state index is 0.0994. The Kier molecular flexibility index (Phi) is 7.38. The normalized spacial score (nSPS) is 12.3. The van der Waals surface area contributed by atoms with E-state index >= 15 is 0 Å². The van der Waals surface area contributed by atoms with Crippen molar-refractivity contribution in [1.82, 2.24) is 5.06 Å². The van der Waals surface area contributed by atoms with E-state index in [9.17, 15) is 19.5 Å². The zero-order valence-electron chi connectivity index (χ0n) is 14.1. The number of hydroxylamine groups is 2. The monoisotopic (exact) mass is 337 g/mol. The van der Waals surface area contributed by atoms with Crippen LogP contribution in [0.1, 0.15) is 39.2 Å². The van der Waals surface area contributed by atoms with E-state index in [1.54, 1.807) is 20.8 Å². The minimum atomic E-state index is -1.26. The fourth-order valence-corrected chi connectivity index (χ4v) is 1.90. The SMILES string of the molecule is CC(C)(C)ON(C=O)[C@H](CCC(=O)OCc1ccccc1)C(=O)O. The summed E-state index contributed by atoms with van der Waals surface area (Å²) in [6.45, 7) is 5.19. The second-order valence-corrected chi connectivity index (χ2v) is 6.21. The Hall–Kier alpha value is -2.41. The predicted octanol–water partition coefficient (Wildman–Crippen LogP) is 2.15. The van der Waals surface area contributed by atoms with Crippen LogP contribution in [0.5, 0.6) is 0 Å². The average Bonchev–Trinajstić information content (AvgIpc) is 2.51. The number of nitrogens with zero attached hydrogens (tertiary/aromatic N) is 1. The van der Waals surface area contributed by atoms with Crippen molar-refractivity contribution in [2.75, 3.05) is 0 Å². The van der Waals surface area contributed by atoms with Gasteiger partial charge in [0.05, 0.1) is 5.60 Å². The number of rotatable bonds is 9. The summed E-state index contributed by atoms with van der Waals surface area (Å²) in [6, 6.07) is 7.89. The molecule has 0 bridgehead atoms. The molecule has 7 heteroatoms. The van der Waals surface area contributed by atoms with Gasteiger partial charge >= 0.3 is 11.9 Å². The summed E-state index contributed by atoms with van der Waals surface area (Å²) in [5.74, 6) is -1.78. The van der Waals surface area contributed by atoms with Crippen LogP contribution in [-0.4, -0.2) is 40.2 Å². The number of hydrogen-bond donors (Lipinski definition) is 1. The maximum Gasteiger partial charge on any atom is 0.329 e. The van der Waals surface area contributed by atoms with Gasteiger partial charge in [-0.3, -0.25) is 14.4 Å². The lowest BCUT2D eigenvalue weighted by atomic mass is 10.1. The van der Waals surface area contributed by atoms with Crippen molar-refractivity contribution in [2.24, 2.45) is 0 Å².